The Bertz CT molecular complexity index is 1070. The molecule has 0 bridgehead atoms. The van der Waals surface area contributed by atoms with Crippen LogP contribution in [0.25, 0.3) is 0 Å². The van der Waals surface area contributed by atoms with E-state index in [1.54, 1.807) is 48.4 Å². The lowest BCUT2D eigenvalue weighted by atomic mass is 10.1. The third-order valence-corrected chi connectivity index (χ3v) is 4.69. The van der Waals surface area contributed by atoms with Gasteiger partial charge in [-0.1, -0.05) is 61.2 Å². The number of hydrogen-bond acceptors (Lipinski definition) is 4. The summed E-state index contributed by atoms with van der Waals surface area (Å²) >= 11 is 0. The third kappa shape index (κ3) is 6.47. The molecule has 0 aliphatic rings. The van der Waals surface area contributed by atoms with Crippen molar-refractivity contribution in [1.29, 1.82) is 0 Å². The number of benzene rings is 3. The van der Waals surface area contributed by atoms with Crippen molar-refractivity contribution in [3.63, 3.8) is 0 Å². The van der Waals surface area contributed by atoms with E-state index in [0.717, 1.165) is 5.56 Å². The van der Waals surface area contributed by atoms with Gasteiger partial charge >= 0.3 is 0 Å². The molecule has 32 heavy (non-hydrogen) atoms. The first-order valence-corrected chi connectivity index (χ1v) is 10.3. The molecule has 0 saturated carbocycles. The van der Waals surface area contributed by atoms with Crippen LogP contribution >= 0.6 is 0 Å². The summed E-state index contributed by atoms with van der Waals surface area (Å²) in [5, 5.41) is 5.91. The standard InChI is InChI=1S/C26H27N3O3/c1-3-16-32-24-15-8-7-14-23(24)28-25(30)18-27-22-13-9-12-21(17-22)26(31)29(2)19-20-10-5-4-6-11-20/h3-15,17,27H,1,16,18-19H2,2H3,(H,28,30). The van der Waals surface area contributed by atoms with Crippen LogP contribution in [0, 0.1) is 0 Å². The molecule has 3 rings (SSSR count). The van der Waals surface area contributed by atoms with Crippen molar-refractivity contribution in [3.8, 4) is 5.75 Å². The molecular weight excluding hydrogens is 402 g/mol. The minimum Gasteiger partial charge on any atom is -0.487 e. The van der Waals surface area contributed by atoms with Gasteiger partial charge in [-0.15, -0.1) is 0 Å². The Balaban J connectivity index is 1.57. The van der Waals surface area contributed by atoms with Crippen LogP contribution in [0.1, 0.15) is 15.9 Å². The van der Waals surface area contributed by atoms with Gasteiger partial charge in [0.15, 0.2) is 0 Å². The molecule has 6 nitrogen and oxygen atoms in total. The number of hydrogen-bond donors (Lipinski definition) is 2. The smallest absolute Gasteiger partial charge is 0.253 e. The summed E-state index contributed by atoms with van der Waals surface area (Å²) in [6.07, 6.45) is 1.64. The minimum atomic E-state index is -0.224. The zero-order valence-corrected chi connectivity index (χ0v) is 18.1. The van der Waals surface area contributed by atoms with Gasteiger partial charge in [-0.3, -0.25) is 9.59 Å². The Morgan fingerprint density at radius 1 is 1.00 bits per heavy atom. The zero-order chi connectivity index (χ0) is 22.8. The predicted octanol–water partition coefficient (Wildman–Crippen LogP) is 4.57. The predicted molar refractivity (Wildman–Crippen MR) is 128 cm³/mol. The van der Waals surface area contributed by atoms with Crippen molar-refractivity contribution in [2.75, 3.05) is 30.8 Å². The molecule has 0 fully saturated rings. The Kier molecular flexibility index (Phi) is 8.03. The number of carbonyl (C=O) groups is 2. The largest absolute Gasteiger partial charge is 0.487 e. The second kappa shape index (κ2) is 11.4. The van der Waals surface area contributed by atoms with Crippen molar-refractivity contribution in [2.45, 2.75) is 6.54 Å². The number of carbonyl (C=O) groups excluding carboxylic acids is 2. The van der Waals surface area contributed by atoms with Gasteiger partial charge in [0.05, 0.1) is 12.2 Å². The molecule has 0 atom stereocenters. The van der Waals surface area contributed by atoms with E-state index in [9.17, 15) is 9.59 Å². The summed E-state index contributed by atoms with van der Waals surface area (Å²) in [4.78, 5) is 26.9. The van der Waals surface area contributed by atoms with Gasteiger partial charge in [-0.25, -0.2) is 0 Å². The molecule has 0 saturated heterocycles. The number of amides is 2. The van der Waals surface area contributed by atoms with Gasteiger partial charge < -0.3 is 20.3 Å². The van der Waals surface area contributed by atoms with E-state index in [0.29, 0.717) is 35.8 Å². The maximum absolute atomic E-state index is 12.8. The highest BCUT2D eigenvalue weighted by Gasteiger charge is 2.13. The van der Waals surface area contributed by atoms with Gasteiger partial charge in [-0.05, 0) is 35.9 Å². The van der Waals surface area contributed by atoms with Gasteiger partial charge in [0.25, 0.3) is 5.91 Å². The lowest BCUT2D eigenvalue weighted by Gasteiger charge is -2.18. The minimum absolute atomic E-state index is 0.0489. The van der Waals surface area contributed by atoms with Crippen molar-refractivity contribution in [2.24, 2.45) is 0 Å². The molecular formula is C26H27N3O3. The van der Waals surface area contributed by atoms with E-state index in [2.05, 4.69) is 17.2 Å². The summed E-state index contributed by atoms with van der Waals surface area (Å²) in [6, 6.07) is 24.2. The van der Waals surface area contributed by atoms with Crippen LogP contribution in [0.4, 0.5) is 11.4 Å². The zero-order valence-electron chi connectivity index (χ0n) is 18.1. The normalized spacial score (nSPS) is 10.2. The van der Waals surface area contributed by atoms with Crippen molar-refractivity contribution < 1.29 is 14.3 Å². The van der Waals surface area contributed by atoms with Gasteiger partial charge in [0.2, 0.25) is 5.91 Å². The van der Waals surface area contributed by atoms with E-state index in [1.807, 2.05) is 48.5 Å². The van der Waals surface area contributed by atoms with Crippen molar-refractivity contribution >= 4 is 23.2 Å². The molecule has 6 heteroatoms. The van der Waals surface area contributed by atoms with Crippen LogP contribution in [0.3, 0.4) is 0 Å². The monoisotopic (exact) mass is 429 g/mol. The maximum Gasteiger partial charge on any atom is 0.253 e. The first-order chi connectivity index (χ1) is 15.6. The number of rotatable bonds is 10. The van der Waals surface area contributed by atoms with Crippen LogP contribution in [0.2, 0.25) is 0 Å². The quantitative estimate of drug-likeness (QED) is 0.463. The molecule has 0 aliphatic heterocycles. The SMILES string of the molecule is C=CCOc1ccccc1NC(=O)CNc1cccc(C(=O)N(C)Cc2ccccc2)c1. The average molecular weight is 430 g/mol. The summed E-state index contributed by atoms with van der Waals surface area (Å²) in [6.45, 7) is 4.55. The molecule has 0 radical (unpaired) electrons. The number of para-hydroxylation sites is 2. The van der Waals surface area contributed by atoms with Gasteiger partial charge in [-0.2, -0.15) is 0 Å². The molecule has 0 unspecified atom stereocenters. The Labute approximate surface area is 188 Å². The van der Waals surface area contributed by atoms with E-state index >= 15 is 0 Å². The summed E-state index contributed by atoms with van der Waals surface area (Å²) < 4.78 is 5.56. The fourth-order valence-corrected chi connectivity index (χ4v) is 3.13. The number of anilines is 2. The molecule has 3 aromatic rings. The van der Waals surface area contributed by atoms with Crippen molar-refractivity contribution in [3.05, 3.63) is 103 Å². The third-order valence-electron chi connectivity index (χ3n) is 4.69. The van der Waals surface area contributed by atoms with E-state index in [-0.39, 0.29) is 18.4 Å². The van der Waals surface area contributed by atoms with Crippen LogP contribution in [0.5, 0.6) is 5.75 Å². The second-order valence-electron chi connectivity index (χ2n) is 7.23. The molecule has 0 spiro atoms. The van der Waals surface area contributed by atoms with E-state index in [4.69, 9.17) is 4.74 Å². The van der Waals surface area contributed by atoms with Gasteiger partial charge in [0, 0.05) is 24.8 Å². The van der Waals surface area contributed by atoms with Crippen LogP contribution in [0.15, 0.2) is 91.5 Å². The highest BCUT2D eigenvalue weighted by Crippen LogP contribution is 2.23. The number of ether oxygens (including phenoxy) is 1. The molecule has 0 heterocycles. The topological polar surface area (TPSA) is 70.7 Å². The molecule has 3 aromatic carbocycles. The Morgan fingerprint density at radius 3 is 2.53 bits per heavy atom. The van der Waals surface area contributed by atoms with Crippen LogP contribution in [-0.2, 0) is 11.3 Å². The van der Waals surface area contributed by atoms with E-state index in [1.165, 1.54) is 0 Å². The molecule has 2 N–H and O–H groups in total. The van der Waals surface area contributed by atoms with Crippen LogP contribution < -0.4 is 15.4 Å². The first-order valence-electron chi connectivity index (χ1n) is 10.3. The molecule has 0 aromatic heterocycles. The molecule has 164 valence electrons. The van der Waals surface area contributed by atoms with Crippen LogP contribution in [-0.4, -0.2) is 36.9 Å². The lowest BCUT2D eigenvalue weighted by molar-refractivity contribution is -0.114. The summed E-state index contributed by atoms with van der Waals surface area (Å²) in [5.41, 5.74) is 2.89. The van der Waals surface area contributed by atoms with Gasteiger partial charge in [0.1, 0.15) is 12.4 Å². The van der Waals surface area contributed by atoms with Crippen molar-refractivity contribution in [1.82, 2.24) is 4.90 Å². The highest BCUT2D eigenvalue weighted by atomic mass is 16.5. The van der Waals surface area contributed by atoms with E-state index < -0.39 is 0 Å². The lowest BCUT2D eigenvalue weighted by Crippen LogP contribution is -2.26. The Hall–Kier alpha value is -4.06. The Morgan fingerprint density at radius 2 is 1.75 bits per heavy atom. The highest BCUT2D eigenvalue weighted by molar-refractivity contribution is 5.96. The fraction of sp³-hybridized carbons (Fsp3) is 0.154. The summed E-state index contributed by atoms with van der Waals surface area (Å²) in [7, 11) is 1.77. The summed E-state index contributed by atoms with van der Waals surface area (Å²) in [5.74, 6) is 0.266. The maximum atomic E-state index is 12.8. The average Bonchev–Trinajstić information content (AvgIpc) is 2.82. The fourth-order valence-electron chi connectivity index (χ4n) is 3.13. The number of nitrogens with zero attached hydrogens (tertiary/aromatic N) is 1. The first kappa shape index (κ1) is 22.6. The molecule has 0 aliphatic carbocycles. The number of nitrogens with one attached hydrogen (secondary N) is 2. The second-order valence-corrected chi connectivity index (χ2v) is 7.23. The molecule has 2 amide bonds.